The summed E-state index contributed by atoms with van der Waals surface area (Å²) in [6.45, 7) is 3.74. The van der Waals surface area contributed by atoms with E-state index in [1.807, 2.05) is 12.1 Å². The van der Waals surface area contributed by atoms with E-state index in [9.17, 15) is 9.59 Å². The number of esters is 1. The zero-order chi connectivity index (χ0) is 21.0. The molecule has 1 N–H and O–H groups in total. The number of carbonyl (C=O) groups excluding carboxylic acids is 2. The number of thioether (sulfide) groups is 1. The maximum absolute atomic E-state index is 12.6. The SMILES string of the molecule is CCOC(=O)C1=C(C)N=C(NC(=O)c2ccc(Cl)cc2)S[C@@H]1c1ccc(Cl)cc1. The molecule has 1 aliphatic heterocycles. The highest BCUT2D eigenvalue weighted by atomic mass is 35.5. The van der Waals surface area contributed by atoms with Gasteiger partial charge in [-0.2, -0.15) is 0 Å². The third-order valence-electron chi connectivity index (χ3n) is 4.15. The molecule has 8 heteroatoms. The van der Waals surface area contributed by atoms with Crippen molar-refractivity contribution in [1.82, 2.24) is 5.32 Å². The Bertz CT molecular complexity index is 986. The van der Waals surface area contributed by atoms with Crippen LogP contribution in [0.2, 0.25) is 10.0 Å². The van der Waals surface area contributed by atoms with Crippen molar-refractivity contribution in [2.75, 3.05) is 6.61 Å². The number of hydrogen-bond acceptors (Lipinski definition) is 5. The molecular formula is C21H18Cl2N2O3S. The summed E-state index contributed by atoms with van der Waals surface area (Å²) in [6, 6.07) is 13.8. The van der Waals surface area contributed by atoms with Crippen LogP contribution in [0.15, 0.2) is 64.8 Å². The van der Waals surface area contributed by atoms with Crippen LogP contribution in [-0.4, -0.2) is 23.7 Å². The normalized spacial score (nSPS) is 16.3. The summed E-state index contributed by atoms with van der Waals surface area (Å²) in [5, 5.41) is 3.96. The Morgan fingerprint density at radius 3 is 2.24 bits per heavy atom. The minimum Gasteiger partial charge on any atom is -0.463 e. The van der Waals surface area contributed by atoms with E-state index in [0.29, 0.717) is 32.0 Å². The lowest BCUT2D eigenvalue weighted by Crippen LogP contribution is -2.31. The van der Waals surface area contributed by atoms with Gasteiger partial charge in [0.15, 0.2) is 5.17 Å². The van der Waals surface area contributed by atoms with E-state index in [1.165, 1.54) is 11.8 Å². The Hall–Kier alpha value is -2.28. The Morgan fingerprint density at radius 2 is 1.66 bits per heavy atom. The number of rotatable bonds is 4. The fraction of sp³-hybridized carbons (Fsp3) is 0.190. The van der Waals surface area contributed by atoms with Crippen LogP contribution >= 0.6 is 35.0 Å². The van der Waals surface area contributed by atoms with E-state index in [2.05, 4.69) is 10.3 Å². The zero-order valence-corrected chi connectivity index (χ0v) is 18.1. The molecule has 1 atom stereocenters. The van der Waals surface area contributed by atoms with Gasteiger partial charge in [0.25, 0.3) is 5.91 Å². The van der Waals surface area contributed by atoms with Crippen molar-refractivity contribution in [3.8, 4) is 0 Å². The number of amidine groups is 1. The molecule has 150 valence electrons. The van der Waals surface area contributed by atoms with E-state index in [4.69, 9.17) is 27.9 Å². The van der Waals surface area contributed by atoms with Crippen molar-refractivity contribution in [3.63, 3.8) is 0 Å². The topological polar surface area (TPSA) is 67.8 Å². The van der Waals surface area contributed by atoms with Crippen molar-refractivity contribution in [1.29, 1.82) is 0 Å². The lowest BCUT2D eigenvalue weighted by atomic mass is 10.0. The number of nitrogens with one attached hydrogen (secondary N) is 1. The van der Waals surface area contributed by atoms with Crippen LogP contribution in [0.3, 0.4) is 0 Å². The van der Waals surface area contributed by atoms with Gasteiger partial charge in [-0.3, -0.25) is 4.79 Å². The molecule has 29 heavy (non-hydrogen) atoms. The summed E-state index contributed by atoms with van der Waals surface area (Å²) in [6.07, 6.45) is 0. The first-order valence-electron chi connectivity index (χ1n) is 8.84. The number of ether oxygens (including phenoxy) is 1. The van der Waals surface area contributed by atoms with Gasteiger partial charge >= 0.3 is 5.97 Å². The monoisotopic (exact) mass is 448 g/mol. The first-order chi connectivity index (χ1) is 13.9. The van der Waals surface area contributed by atoms with Crippen molar-refractivity contribution in [3.05, 3.63) is 81.0 Å². The fourth-order valence-corrected chi connectivity index (χ4v) is 4.26. The second-order valence-corrected chi connectivity index (χ2v) is 8.11. The molecule has 5 nitrogen and oxygen atoms in total. The van der Waals surface area contributed by atoms with E-state index in [-0.39, 0.29) is 17.8 Å². The van der Waals surface area contributed by atoms with Crippen LogP contribution < -0.4 is 5.32 Å². The largest absolute Gasteiger partial charge is 0.463 e. The molecule has 1 amide bonds. The minimum absolute atomic E-state index is 0.261. The lowest BCUT2D eigenvalue weighted by molar-refractivity contribution is -0.138. The number of nitrogens with zero attached hydrogens (tertiary/aromatic N) is 1. The van der Waals surface area contributed by atoms with Gasteiger partial charge in [0, 0.05) is 15.6 Å². The molecule has 0 saturated carbocycles. The molecule has 2 aromatic carbocycles. The summed E-state index contributed by atoms with van der Waals surface area (Å²) >= 11 is 13.2. The number of hydrogen-bond donors (Lipinski definition) is 1. The first-order valence-corrected chi connectivity index (χ1v) is 10.5. The quantitative estimate of drug-likeness (QED) is 0.635. The molecule has 3 rings (SSSR count). The Labute approximate surface area is 183 Å². The highest BCUT2D eigenvalue weighted by Gasteiger charge is 2.32. The second kappa shape index (κ2) is 9.48. The molecule has 0 spiro atoms. The van der Waals surface area contributed by atoms with Gasteiger partial charge < -0.3 is 10.1 Å². The predicted molar refractivity (Wildman–Crippen MR) is 117 cm³/mol. The van der Waals surface area contributed by atoms with Gasteiger partial charge in [-0.25, -0.2) is 9.79 Å². The lowest BCUT2D eigenvalue weighted by Gasteiger charge is -2.25. The number of benzene rings is 2. The molecule has 0 radical (unpaired) electrons. The van der Waals surface area contributed by atoms with E-state index < -0.39 is 5.97 Å². The van der Waals surface area contributed by atoms with Gasteiger partial charge in [0.05, 0.1) is 23.1 Å². The van der Waals surface area contributed by atoms with E-state index in [0.717, 1.165) is 5.56 Å². The van der Waals surface area contributed by atoms with Crippen LogP contribution in [0.1, 0.15) is 35.0 Å². The standard InChI is InChI=1S/C21H18Cl2N2O3S/c1-3-28-20(27)17-12(2)24-21(25-19(26)14-6-10-16(23)11-7-14)29-18(17)13-4-8-15(22)9-5-13/h4-11,18H,3H2,1-2H3,(H,24,25,26)/t18-/m1/s1. The number of aliphatic imine (C=N–C) groups is 1. The van der Waals surface area contributed by atoms with Crippen LogP contribution in [-0.2, 0) is 9.53 Å². The number of amides is 1. The van der Waals surface area contributed by atoms with Gasteiger partial charge in [-0.15, -0.1) is 0 Å². The second-order valence-electron chi connectivity index (χ2n) is 6.15. The summed E-state index contributed by atoms with van der Waals surface area (Å²) in [5.74, 6) is -0.737. The maximum Gasteiger partial charge on any atom is 0.337 e. The molecule has 2 aromatic rings. The molecule has 1 heterocycles. The number of allylic oxidation sites excluding steroid dienone is 1. The highest BCUT2D eigenvalue weighted by molar-refractivity contribution is 8.14. The maximum atomic E-state index is 12.6. The third-order valence-corrected chi connectivity index (χ3v) is 5.81. The van der Waals surface area contributed by atoms with Gasteiger partial charge in [-0.05, 0) is 55.8 Å². The zero-order valence-electron chi connectivity index (χ0n) is 15.7. The Balaban J connectivity index is 1.92. The smallest absolute Gasteiger partial charge is 0.337 e. The molecular weight excluding hydrogens is 431 g/mol. The molecule has 1 aliphatic rings. The summed E-state index contributed by atoms with van der Waals surface area (Å²) in [4.78, 5) is 29.5. The molecule has 0 aliphatic carbocycles. The predicted octanol–water partition coefficient (Wildman–Crippen LogP) is 5.40. The fourth-order valence-electron chi connectivity index (χ4n) is 2.76. The van der Waals surface area contributed by atoms with Gasteiger partial charge in [0.1, 0.15) is 0 Å². The number of carbonyl (C=O) groups is 2. The van der Waals surface area contributed by atoms with Crippen molar-refractivity contribution >= 4 is 52.0 Å². The van der Waals surface area contributed by atoms with Crippen molar-refractivity contribution < 1.29 is 14.3 Å². The summed E-state index contributed by atoms with van der Waals surface area (Å²) in [7, 11) is 0. The van der Waals surface area contributed by atoms with Crippen molar-refractivity contribution in [2.24, 2.45) is 4.99 Å². The molecule has 0 bridgehead atoms. The minimum atomic E-state index is -0.427. The van der Waals surface area contributed by atoms with Gasteiger partial charge in [-0.1, -0.05) is 47.1 Å². The average molecular weight is 449 g/mol. The molecule has 0 unspecified atom stereocenters. The molecule has 0 fully saturated rings. The van der Waals surface area contributed by atoms with Gasteiger partial charge in [0.2, 0.25) is 0 Å². The molecule has 0 aromatic heterocycles. The average Bonchev–Trinajstić information content (AvgIpc) is 2.68. The third kappa shape index (κ3) is 5.21. The van der Waals surface area contributed by atoms with Crippen LogP contribution in [0.25, 0.3) is 0 Å². The van der Waals surface area contributed by atoms with Crippen LogP contribution in [0.4, 0.5) is 0 Å². The summed E-state index contributed by atoms with van der Waals surface area (Å²) in [5.41, 5.74) is 2.26. The Morgan fingerprint density at radius 1 is 1.07 bits per heavy atom. The van der Waals surface area contributed by atoms with E-state index >= 15 is 0 Å². The van der Waals surface area contributed by atoms with Crippen LogP contribution in [0.5, 0.6) is 0 Å². The molecule has 0 saturated heterocycles. The highest BCUT2D eigenvalue weighted by Crippen LogP contribution is 2.42. The van der Waals surface area contributed by atoms with E-state index in [1.54, 1.807) is 50.2 Å². The van der Waals surface area contributed by atoms with Crippen LogP contribution in [0, 0.1) is 0 Å². The van der Waals surface area contributed by atoms with Crippen molar-refractivity contribution in [2.45, 2.75) is 19.1 Å². The number of halogens is 2. The Kier molecular flexibility index (Phi) is 7.00. The first kappa shape index (κ1) is 21.4. The summed E-state index contributed by atoms with van der Waals surface area (Å²) < 4.78 is 5.22.